The van der Waals surface area contributed by atoms with Crippen LogP contribution >= 0.6 is 11.6 Å². The molecular formula is C19H17ClN2O3. The van der Waals surface area contributed by atoms with Crippen molar-refractivity contribution >= 4 is 28.5 Å². The molecule has 128 valence electrons. The van der Waals surface area contributed by atoms with E-state index in [2.05, 4.69) is 5.43 Å². The van der Waals surface area contributed by atoms with Gasteiger partial charge in [0.2, 0.25) is 5.43 Å². The van der Waals surface area contributed by atoms with Gasteiger partial charge in [0.15, 0.2) is 0 Å². The summed E-state index contributed by atoms with van der Waals surface area (Å²) in [6.45, 7) is 1.94. The molecule has 25 heavy (non-hydrogen) atoms. The number of hydrogen-bond acceptors (Lipinski definition) is 3. The molecule has 1 aromatic heterocycles. The van der Waals surface area contributed by atoms with Gasteiger partial charge in [-0.25, -0.2) is 4.79 Å². The molecule has 3 aromatic rings. The summed E-state index contributed by atoms with van der Waals surface area (Å²) in [7, 11) is 1.66. The molecule has 3 rings (SSSR count). The second-order valence-corrected chi connectivity index (χ2v) is 6.22. The molecule has 0 unspecified atom stereocenters. The van der Waals surface area contributed by atoms with Gasteiger partial charge in [0.05, 0.1) is 5.52 Å². The molecule has 2 N–H and O–H groups in total. The summed E-state index contributed by atoms with van der Waals surface area (Å²) >= 11 is 6.35. The van der Waals surface area contributed by atoms with Gasteiger partial charge in [-0.3, -0.25) is 9.47 Å². The number of rotatable bonds is 4. The fourth-order valence-corrected chi connectivity index (χ4v) is 3.08. The van der Waals surface area contributed by atoms with Gasteiger partial charge in [-0.15, -0.1) is 0 Å². The van der Waals surface area contributed by atoms with Crippen LogP contribution in [-0.2, 0) is 6.42 Å². The molecule has 0 aliphatic carbocycles. The highest BCUT2D eigenvalue weighted by Crippen LogP contribution is 2.24. The van der Waals surface area contributed by atoms with E-state index >= 15 is 0 Å². The van der Waals surface area contributed by atoms with Gasteiger partial charge >= 0.3 is 5.97 Å². The highest BCUT2D eigenvalue weighted by Gasteiger charge is 2.15. The molecule has 0 saturated heterocycles. The summed E-state index contributed by atoms with van der Waals surface area (Å²) in [6, 6.07) is 11.3. The van der Waals surface area contributed by atoms with Crippen molar-refractivity contribution in [3.63, 3.8) is 0 Å². The van der Waals surface area contributed by atoms with Crippen molar-refractivity contribution in [1.29, 1.82) is 0 Å². The van der Waals surface area contributed by atoms with E-state index < -0.39 is 11.4 Å². The van der Waals surface area contributed by atoms with Crippen LogP contribution in [0.3, 0.4) is 0 Å². The number of aromatic nitrogens is 1. The van der Waals surface area contributed by atoms with E-state index in [1.807, 2.05) is 31.2 Å². The Hall–Kier alpha value is -2.79. The molecule has 0 saturated carbocycles. The Labute approximate surface area is 149 Å². The zero-order valence-electron chi connectivity index (χ0n) is 13.8. The number of pyridine rings is 1. The van der Waals surface area contributed by atoms with Gasteiger partial charge in [-0.2, -0.15) is 0 Å². The number of carboxylic acid groups (broad SMARTS) is 1. The second-order valence-electron chi connectivity index (χ2n) is 5.85. The van der Waals surface area contributed by atoms with Crippen LogP contribution in [0.4, 0.5) is 0 Å². The van der Waals surface area contributed by atoms with Crippen LogP contribution in [0, 0.1) is 6.92 Å². The number of halogens is 1. The van der Waals surface area contributed by atoms with Gasteiger partial charge in [0.1, 0.15) is 5.56 Å². The number of nitrogens with one attached hydrogen (secondary N) is 1. The van der Waals surface area contributed by atoms with Crippen molar-refractivity contribution in [1.82, 2.24) is 4.68 Å². The number of fused-ring (bicyclic) bond motifs is 1. The molecule has 5 nitrogen and oxygen atoms in total. The predicted molar refractivity (Wildman–Crippen MR) is 99.4 cm³/mol. The van der Waals surface area contributed by atoms with Gasteiger partial charge in [-0.1, -0.05) is 35.9 Å². The SMILES string of the molecule is CNn1cc(C(=O)O)c(=O)c2cc(Cc3cccc(C)c3Cl)ccc21. The minimum Gasteiger partial charge on any atom is -0.477 e. The van der Waals surface area contributed by atoms with Crippen molar-refractivity contribution in [3.8, 4) is 0 Å². The standard InChI is InChI=1S/C19H17ClN2O3/c1-11-4-3-5-13(17(11)20)8-12-6-7-16-14(9-12)18(23)15(19(24)25)10-22(16)21-2/h3-7,9-10,21H,8H2,1-2H3,(H,24,25). The first-order valence-electron chi connectivity index (χ1n) is 7.75. The van der Waals surface area contributed by atoms with E-state index in [-0.39, 0.29) is 5.56 Å². The fourth-order valence-electron chi connectivity index (χ4n) is 2.89. The van der Waals surface area contributed by atoms with Gasteiger partial charge in [0, 0.05) is 23.7 Å². The molecule has 0 amide bonds. The van der Waals surface area contributed by atoms with E-state index in [1.54, 1.807) is 19.2 Å². The molecule has 0 atom stereocenters. The number of aryl methyl sites for hydroxylation is 1. The molecule has 0 spiro atoms. The lowest BCUT2D eigenvalue weighted by Crippen LogP contribution is -2.22. The Morgan fingerprint density at radius 3 is 2.72 bits per heavy atom. The van der Waals surface area contributed by atoms with E-state index in [0.29, 0.717) is 22.3 Å². The maximum absolute atomic E-state index is 12.5. The summed E-state index contributed by atoms with van der Waals surface area (Å²) < 4.78 is 1.53. The maximum atomic E-state index is 12.5. The van der Waals surface area contributed by atoms with Gasteiger partial charge in [0.25, 0.3) is 0 Å². The number of carbonyl (C=O) groups is 1. The van der Waals surface area contributed by atoms with Crippen LogP contribution in [-0.4, -0.2) is 22.8 Å². The average molecular weight is 357 g/mol. The Morgan fingerprint density at radius 2 is 2.04 bits per heavy atom. The van der Waals surface area contributed by atoms with Crippen LogP contribution in [0.5, 0.6) is 0 Å². The molecule has 6 heteroatoms. The van der Waals surface area contributed by atoms with Crippen LogP contribution < -0.4 is 10.9 Å². The van der Waals surface area contributed by atoms with Crippen molar-refractivity contribution in [3.05, 3.63) is 80.1 Å². The molecule has 1 heterocycles. The Bertz CT molecular complexity index is 1040. The zero-order valence-corrected chi connectivity index (χ0v) is 14.6. The average Bonchev–Trinajstić information content (AvgIpc) is 2.59. The highest BCUT2D eigenvalue weighted by molar-refractivity contribution is 6.32. The second kappa shape index (κ2) is 6.61. The largest absolute Gasteiger partial charge is 0.477 e. The van der Waals surface area contributed by atoms with Crippen LogP contribution in [0.25, 0.3) is 10.9 Å². The van der Waals surface area contributed by atoms with Gasteiger partial charge < -0.3 is 10.5 Å². The topological polar surface area (TPSA) is 71.3 Å². The summed E-state index contributed by atoms with van der Waals surface area (Å²) in [4.78, 5) is 23.8. The summed E-state index contributed by atoms with van der Waals surface area (Å²) in [5.74, 6) is -1.25. The highest BCUT2D eigenvalue weighted by atomic mass is 35.5. The summed E-state index contributed by atoms with van der Waals surface area (Å²) in [5, 5.41) is 10.3. The number of hydrogen-bond donors (Lipinski definition) is 2. The number of nitrogens with zero attached hydrogens (tertiary/aromatic N) is 1. The molecule has 0 aliphatic heterocycles. The molecule has 0 fully saturated rings. The first kappa shape index (κ1) is 17.0. The smallest absolute Gasteiger partial charge is 0.341 e. The third kappa shape index (κ3) is 3.10. The van der Waals surface area contributed by atoms with Crippen LogP contribution in [0.2, 0.25) is 5.02 Å². The van der Waals surface area contributed by atoms with E-state index in [9.17, 15) is 14.7 Å². The first-order valence-corrected chi connectivity index (χ1v) is 8.13. The minimum absolute atomic E-state index is 0.271. The van der Waals surface area contributed by atoms with Crippen molar-refractivity contribution in [2.45, 2.75) is 13.3 Å². The Balaban J connectivity index is 2.16. The van der Waals surface area contributed by atoms with Crippen molar-refractivity contribution in [2.75, 3.05) is 12.5 Å². The maximum Gasteiger partial charge on any atom is 0.341 e. The predicted octanol–water partition coefficient (Wildman–Crippen LogP) is 3.43. The zero-order chi connectivity index (χ0) is 18.1. The molecule has 2 aromatic carbocycles. The normalized spacial score (nSPS) is 10.8. The van der Waals surface area contributed by atoms with Gasteiger partial charge in [-0.05, 0) is 42.2 Å². The number of carboxylic acids is 1. The lowest BCUT2D eigenvalue weighted by Gasteiger charge is -2.13. The molecule has 0 bridgehead atoms. The lowest BCUT2D eigenvalue weighted by atomic mass is 10.0. The lowest BCUT2D eigenvalue weighted by molar-refractivity contribution is 0.0695. The van der Waals surface area contributed by atoms with E-state index in [0.717, 1.165) is 16.7 Å². The number of benzene rings is 2. The number of aromatic carboxylic acids is 1. The Morgan fingerprint density at radius 1 is 1.28 bits per heavy atom. The summed E-state index contributed by atoms with van der Waals surface area (Å²) in [5.41, 5.74) is 5.57. The van der Waals surface area contributed by atoms with Crippen molar-refractivity contribution in [2.24, 2.45) is 0 Å². The van der Waals surface area contributed by atoms with Crippen molar-refractivity contribution < 1.29 is 9.90 Å². The monoisotopic (exact) mass is 356 g/mol. The molecule has 0 radical (unpaired) electrons. The van der Waals surface area contributed by atoms with E-state index in [4.69, 9.17) is 11.6 Å². The third-order valence-electron chi connectivity index (χ3n) is 4.21. The third-order valence-corrected chi connectivity index (χ3v) is 4.75. The summed E-state index contributed by atoms with van der Waals surface area (Å²) in [6.07, 6.45) is 1.86. The van der Waals surface area contributed by atoms with Crippen LogP contribution in [0.15, 0.2) is 47.4 Å². The first-order chi connectivity index (χ1) is 11.9. The Kier molecular flexibility index (Phi) is 4.51. The minimum atomic E-state index is -1.25. The molecule has 0 aliphatic rings. The molecular weight excluding hydrogens is 340 g/mol. The fraction of sp³-hybridized carbons (Fsp3) is 0.158. The quantitative estimate of drug-likeness (QED) is 0.751. The van der Waals surface area contributed by atoms with E-state index in [1.165, 1.54) is 10.9 Å². The van der Waals surface area contributed by atoms with Crippen LogP contribution in [0.1, 0.15) is 27.0 Å².